The van der Waals surface area contributed by atoms with Gasteiger partial charge in [0.15, 0.2) is 0 Å². The largest absolute Gasteiger partial charge is 0.361 e. The molecule has 1 aromatic rings. The van der Waals surface area contributed by atoms with Crippen molar-refractivity contribution in [1.82, 2.24) is 15.6 Å². The molecule has 0 aliphatic heterocycles. The predicted molar refractivity (Wildman–Crippen MR) is 111 cm³/mol. The molecule has 148 valence electrons. The van der Waals surface area contributed by atoms with Gasteiger partial charge in [0, 0.05) is 24.7 Å². The summed E-state index contributed by atoms with van der Waals surface area (Å²) >= 11 is 0. The van der Waals surface area contributed by atoms with Gasteiger partial charge in [-0.25, -0.2) is 0 Å². The lowest BCUT2D eigenvalue weighted by atomic mass is 10.1. The average Bonchev–Trinajstić information content (AvgIpc) is 3.15. The molecule has 0 bridgehead atoms. The maximum absolute atomic E-state index is 12.2. The molecule has 0 spiro atoms. The summed E-state index contributed by atoms with van der Waals surface area (Å²) in [5.41, 5.74) is 1.70. The minimum absolute atomic E-state index is 0.0652. The molecule has 1 heterocycles. The maximum atomic E-state index is 12.2. The van der Waals surface area contributed by atoms with Crippen LogP contribution in [0.4, 0.5) is 0 Å². The average molecular weight is 373 g/mol. The molecule has 0 atom stereocenters. The van der Waals surface area contributed by atoms with Gasteiger partial charge in [0.2, 0.25) is 11.8 Å². The maximum Gasteiger partial charge on any atom is 0.249 e. The SMILES string of the molecule is CC=c1cc[nH]c1=C(C)C(=O)NCCCCCC(=O)N/C(=C/C)C(=N)CC. The number of aromatic amines is 1. The van der Waals surface area contributed by atoms with Gasteiger partial charge in [0.1, 0.15) is 0 Å². The second-order valence-corrected chi connectivity index (χ2v) is 6.37. The third-order valence-electron chi connectivity index (χ3n) is 4.41. The van der Waals surface area contributed by atoms with Crippen molar-refractivity contribution in [3.05, 3.63) is 34.6 Å². The Morgan fingerprint density at radius 3 is 2.59 bits per heavy atom. The van der Waals surface area contributed by atoms with Gasteiger partial charge in [-0.2, -0.15) is 0 Å². The molecule has 0 aliphatic rings. The van der Waals surface area contributed by atoms with E-state index >= 15 is 0 Å². The van der Waals surface area contributed by atoms with E-state index in [0.29, 0.717) is 36.4 Å². The minimum atomic E-state index is -0.0749. The number of nitrogens with one attached hydrogen (secondary N) is 4. The van der Waals surface area contributed by atoms with Crippen molar-refractivity contribution in [3.8, 4) is 0 Å². The Morgan fingerprint density at radius 2 is 1.96 bits per heavy atom. The summed E-state index contributed by atoms with van der Waals surface area (Å²) in [6.45, 7) is 8.05. The van der Waals surface area contributed by atoms with E-state index in [4.69, 9.17) is 5.41 Å². The van der Waals surface area contributed by atoms with E-state index in [2.05, 4.69) is 15.6 Å². The van der Waals surface area contributed by atoms with Crippen LogP contribution < -0.4 is 21.2 Å². The Morgan fingerprint density at radius 1 is 1.22 bits per heavy atom. The zero-order valence-electron chi connectivity index (χ0n) is 16.9. The Hall–Kier alpha value is -2.63. The van der Waals surface area contributed by atoms with Crippen LogP contribution in [0.5, 0.6) is 0 Å². The lowest BCUT2D eigenvalue weighted by Gasteiger charge is -2.09. The van der Waals surface area contributed by atoms with E-state index in [-0.39, 0.29) is 11.8 Å². The molecule has 0 saturated carbocycles. The number of carbonyl (C=O) groups excluding carboxylic acids is 2. The summed E-state index contributed by atoms with van der Waals surface area (Å²) in [5.74, 6) is -0.140. The first kappa shape index (κ1) is 22.4. The van der Waals surface area contributed by atoms with E-state index in [9.17, 15) is 9.59 Å². The highest BCUT2D eigenvalue weighted by Gasteiger charge is 2.08. The van der Waals surface area contributed by atoms with Crippen molar-refractivity contribution in [2.24, 2.45) is 0 Å². The Bertz CT molecular complexity index is 802. The van der Waals surface area contributed by atoms with Crippen LogP contribution in [0.2, 0.25) is 0 Å². The molecule has 0 fully saturated rings. The van der Waals surface area contributed by atoms with Crippen LogP contribution in [-0.4, -0.2) is 29.1 Å². The van der Waals surface area contributed by atoms with Gasteiger partial charge in [-0.3, -0.25) is 9.59 Å². The molecule has 4 N–H and O–H groups in total. The number of carbonyl (C=O) groups is 2. The van der Waals surface area contributed by atoms with Crippen LogP contribution in [0.15, 0.2) is 24.0 Å². The van der Waals surface area contributed by atoms with Crippen LogP contribution in [0.25, 0.3) is 11.6 Å². The summed E-state index contributed by atoms with van der Waals surface area (Å²) < 4.78 is 0. The molecule has 0 unspecified atom stereocenters. The van der Waals surface area contributed by atoms with Crippen LogP contribution in [0.3, 0.4) is 0 Å². The zero-order valence-corrected chi connectivity index (χ0v) is 16.9. The molecule has 2 amide bonds. The van der Waals surface area contributed by atoms with Crippen molar-refractivity contribution in [3.63, 3.8) is 0 Å². The highest BCUT2D eigenvalue weighted by Crippen LogP contribution is 2.02. The standard InChI is InChI=1S/C21H32N4O2/c1-5-16-12-14-23-20(16)15(4)21(27)24-13-10-8-9-11-19(26)25-18(7-3)17(22)6-2/h5,7,12,14,22-23H,6,8-11,13H2,1-4H3,(H,24,27)(H,25,26)/b16-5?,18-7+,20-15?,22-17?. The first-order valence-corrected chi connectivity index (χ1v) is 9.57. The fourth-order valence-electron chi connectivity index (χ4n) is 2.71. The highest BCUT2D eigenvalue weighted by molar-refractivity contribution is 6.12. The fourth-order valence-corrected chi connectivity index (χ4v) is 2.71. The van der Waals surface area contributed by atoms with Crippen molar-refractivity contribution in [2.45, 2.75) is 59.8 Å². The smallest absolute Gasteiger partial charge is 0.249 e. The third-order valence-corrected chi connectivity index (χ3v) is 4.41. The molecule has 6 nitrogen and oxygen atoms in total. The fraction of sp³-hybridized carbons (Fsp3) is 0.476. The quantitative estimate of drug-likeness (QED) is 0.374. The molecule has 1 aromatic heterocycles. The topological polar surface area (TPSA) is 97.8 Å². The van der Waals surface area contributed by atoms with Crippen LogP contribution >= 0.6 is 0 Å². The lowest BCUT2D eigenvalue weighted by Crippen LogP contribution is -2.33. The van der Waals surface area contributed by atoms with Gasteiger partial charge in [-0.05, 0) is 51.3 Å². The predicted octanol–water partition coefficient (Wildman–Crippen LogP) is 2.11. The summed E-state index contributed by atoms with van der Waals surface area (Å²) in [5, 5.41) is 15.4. The second kappa shape index (κ2) is 11.9. The monoisotopic (exact) mass is 372 g/mol. The third kappa shape index (κ3) is 7.25. The Balaban J connectivity index is 2.31. The van der Waals surface area contributed by atoms with Gasteiger partial charge >= 0.3 is 0 Å². The summed E-state index contributed by atoms with van der Waals surface area (Å²) in [7, 11) is 0. The molecule has 0 aromatic carbocycles. The number of hydrogen-bond donors (Lipinski definition) is 4. The molecule has 6 heteroatoms. The second-order valence-electron chi connectivity index (χ2n) is 6.37. The number of allylic oxidation sites excluding steroid dienone is 2. The summed E-state index contributed by atoms with van der Waals surface area (Å²) in [6, 6.07) is 1.94. The van der Waals surface area contributed by atoms with Crippen LogP contribution in [0.1, 0.15) is 59.8 Å². The van der Waals surface area contributed by atoms with Crippen molar-refractivity contribution in [1.29, 1.82) is 5.41 Å². The Labute approximate surface area is 161 Å². The van der Waals surface area contributed by atoms with Crippen LogP contribution in [-0.2, 0) is 9.59 Å². The molecule has 1 rings (SSSR count). The molecular formula is C21H32N4O2. The number of hydrogen-bond acceptors (Lipinski definition) is 3. The molecular weight excluding hydrogens is 340 g/mol. The van der Waals surface area contributed by atoms with Gasteiger partial charge in [0.25, 0.3) is 0 Å². The van der Waals surface area contributed by atoms with Crippen molar-refractivity contribution in [2.75, 3.05) is 6.54 Å². The Kier molecular flexibility index (Phi) is 9.86. The molecule has 0 radical (unpaired) electrons. The number of aromatic nitrogens is 1. The van der Waals surface area contributed by atoms with E-state index in [1.807, 2.05) is 46.0 Å². The first-order valence-electron chi connectivity index (χ1n) is 9.57. The lowest BCUT2D eigenvalue weighted by molar-refractivity contribution is -0.120. The van der Waals surface area contributed by atoms with E-state index in [0.717, 1.165) is 29.8 Å². The van der Waals surface area contributed by atoms with Crippen molar-refractivity contribution < 1.29 is 9.59 Å². The van der Waals surface area contributed by atoms with Gasteiger partial charge < -0.3 is 21.0 Å². The van der Waals surface area contributed by atoms with E-state index in [1.54, 1.807) is 6.08 Å². The van der Waals surface area contributed by atoms with Gasteiger partial charge in [-0.15, -0.1) is 0 Å². The number of rotatable bonds is 10. The zero-order chi connectivity index (χ0) is 20.2. The minimum Gasteiger partial charge on any atom is -0.361 e. The van der Waals surface area contributed by atoms with Crippen LogP contribution in [0, 0.1) is 5.41 Å². The molecule has 0 aliphatic carbocycles. The van der Waals surface area contributed by atoms with E-state index in [1.165, 1.54) is 0 Å². The van der Waals surface area contributed by atoms with Gasteiger partial charge in [0.05, 0.1) is 16.8 Å². The number of unbranched alkanes of at least 4 members (excludes halogenated alkanes) is 2. The van der Waals surface area contributed by atoms with E-state index < -0.39 is 0 Å². The summed E-state index contributed by atoms with van der Waals surface area (Å²) in [6.07, 6.45) is 9.01. The molecule has 27 heavy (non-hydrogen) atoms. The van der Waals surface area contributed by atoms with Gasteiger partial charge in [-0.1, -0.05) is 25.5 Å². The summed E-state index contributed by atoms with van der Waals surface area (Å²) in [4.78, 5) is 27.3. The number of amides is 2. The molecule has 0 saturated heterocycles. The normalized spacial score (nSPS) is 13.3. The first-order chi connectivity index (χ1) is 12.9. The highest BCUT2D eigenvalue weighted by atomic mass is 16.2. The van der Waals surface area contributed by atoms with Crippen molar-refractivity contribution >= 4 is 29.2 Å². The number of H-pyrrole nitrogens is 1.